The zero-order chi connectivity index (χ0) is 12.9. The summed E-state index contributed by atoms with van der Waals surface area (Å²) in [7, 11) is 0. The van der Waals surface area contributed by atoms with Crippen LogP contribution in [0.15, 0.2) is 6.20 Å². The lowest BCUT2D eigenvalue weighted by molar-refractivity contribution is 0.150. The van der Waals surface area contributed by atoms with Crippen LogP contribution in [0.25, 0.3) is 0 Å². The number of rotatable bonds is 2. The summed E-state index contributed by atoms with van der Waals surface area (Å²) in [6, 6.07) is 0.137. The first kappa shape index (κ1) is 15.1. The highest BCUT2D eigenvalue weighted by Gasteiger charge is 2.15. The van der Waals surface area contributed by atoms with Crippen molar-refractivity contribution in [3.8, 4) is 0 Å². The second-order valence-corrected chi connectivity index (χ2v) is 4.76. The van der Waals surface area contributed by atoms with Crippen molar-refractivity contribution < 1.29 is 8.78 Å². The molecule has 0 aliphatic rings. The molecule has 0 aliphatic carbocycles. The third-order valence-electron chi connectivity index (χ3n) is 1.81. The maximum atomic E-state index is 12.3. The molecule has 1 rings (SSSR count). The highest BCUT2D eigenvalue weighted by Crippen LogP contribution is 2.23. The molecule has 16 heavy (non-hydrogen) atoms. The molecule has 1 aromatic rings. The average Bonchev–Trinajstić information content (AvgIpc) is 2.45. The normalized spacial score (nSPS) is 10.9. The fourth-order valence-electron chi connectivity index (χ4n) is 1.17. The molecule has 2 nitrogen and oxygen atoms in total. The smallest absolute Gasteiger partial charge is 0.267 e. The van der Waals surface area contributed by atoms with Crippen LogP contribution < -0.4 is 0 Å². The molecular formula is C12H22F2N2. The Balaban J connectivity index is 0.000000487. The molecule has 94 valence electrons. The summed E-state index contributed by atoms with van der Waals surface area (Å²) in [6.45, 7) is 12.0. The van der Waals surface area contributed by atoms with E-state index in [2.05, 4.69) is 25.9 Å². The van der Waals surface area contributed by atoms with Gasteiger partial charge in [-0.25, -0.2) is 8.78 Å². The minimum absolute atomic E-state index is 0.0312. The summed E-state index contributed by atoms with van der Waals surface area (Å²) in [4.78, 5) is 0. The highest BCUT2D eigenvalue weighted by atomic mass is 19.3. The van der Waals surface area contributed by atoms with Crippen molar-refractivity contribution in [2.45, 2.75) is 54.0 Å². The zero-order valence-corrected chi connectivity index (χ0v) is 11.0. The predicted molar refractivity (Wildman–Crippen MR) is 62.8 cm³/mol. The van der Waals surface area contributed by atoms with E-state index in [4.69, 9.17) is 0 Å². The van der Waals surface area contributed by atoms with Gasteiger partial charge in [0.05, 0.1) is 11.8 Å². The van der Waals surface area contributed by atoms with Crippen LogP contribution in [0.5, 0.6) is 0 Å². The molecule has 0 aliphatic heterocycles. The van der Waals surface area contributed by atoms with Gasteiger partial charge in [-0.1, -0.05) is 20.8 Å². The Hall–Kier alpha value is -0.930. The van der Waals surface area contributed by atoms with Crippen molar-refractivity contribution in [2.24, 2.45) is 5.92 Å². The number of alkyl halides is 2. The number of hydrogen-bond acceptors (Lipinski definition) is 1. The maximum absolute atomic E-state index is 12.3. The Bertz CT molecular complexity index is 276. The van der Waals surface area contributed by atoms with Gasteiger partial charge in [-0.2, -0.15) is 5.10 Å². The Morgan fingerprint density at radius 2 is 1.56 bits per heavy atom. The predicted octanol–water partition coefficient (Wildman–Crippen LogP) is 4.37. The van der Waals surface area contributed by atoms with Gasteiger partial charge in [0.25, 0.3) is 6.43 Å². The van der Waals surface area contributed by atoms with Crippen LogP contribution in [0.1, 0.15) is 58.3 Å². The highest BCUT2D eigenvalue weighted by molar-refractivity contribution is 5.17. The number of hydrogen-bond donors (Lipinski definition) is 0. The maximum Gasteiger partial charge on any atom is 0.267 e. The monoisotopic (exact) mass is 232 g/mol. The minimum Gasteiger partial charge on any atom is -0.267 e. The molecule has 0 saturated heterocycles. The van der Waals surface area contributed by atoms with Crippen LogP contribution in [-0.2, 0) is 0 Å². The van der Waals surface area contributed by atoms with Crippen molar-refractivity contribution in [1.82, 2.24) is 9.78 Å². The summed E-state index contributed by atoms with van der Waals surface area (Å²) in [6.07, 6.45) is -1.18. The van der Waals surface area contributed by atoms with E-state index in [1.54, 1.807) is 11.6 Å². The van der Waals surface area contributed by atoms with Gasteiger partial charge in [-0.05, 0) is 26.7 Å². The Morgan fingerprint density at radius 3 is 1.75 bits per heavy atom. The van der Waals surface area contributed by atoms with E-state index in [1.165, 1.54) is 6.20 Å². The topological polar surface area (TPSA) is 17.8 Å². The molecule has 1 heterocycles. The van der Waals surface area contributed by atoms with E-state index < -0.39 is 6.43 Å². The van der Waals surface area contributed by atoms with Crippen molar-refractivity contribution in [1.29, 1.82) is 0 Å². The molecule has 0 fully saturated rings. The first-order valence-electron chi connectivity index (χ1n) is 5.59. The fraction of sp³-hybridized carbons (Fsp3) is 0.750. The van der Waals surface area contributed by atoms with Crippen LogP contribution in [0.2, 0.25) is 0 Å². The first-order valence-corrected chi connectivity index (χ1v) is 5.59. The average molecular weight is 232 g/mol. The van der Waals surface area contributed by atoms with Crippen LogP contribution in [0.3, 0.4) is 0 Å². The zero-order valence-electron chi connectivity index (χ0n) is 11.0. The van der Waals surface area contributed by atoms with Crippen molar-refractivity contribution in [3.63, 3.8) is 0 Å². The molecule has 0 saturated carbocycles. The summed E-state index contributed by atoms with van der Waals surface area (Å²) in [5.41, 5.74) is 0.587. The fourth-order valence-corrected chi connectivity index (χ4v) is 1.17. The van der Waals surface area contributed by atoms with Crippen molar-refractivity contribution >= 4 is 0 Å². The molecule has 0 unspecified atom stereocenters. The summed E-state index contributed by atoms with van der Waals surface area (Å²) < 4.78 is 26.1. The molecule has 1 aromatic heterocycles. The summed E-state index contributed by atoms with van der Waals surface area (Å²) >= 11 is 0. The van der Waals surface area contributed by atoms with E-state index in [1.807, 2.05) is 13.8 Å². The van der Waals surface area contributed by atoms with Crippen LogP contribution in [-0.4, -0.2) is 9.78 Å². The Kier molecular flexibility index (Phi) is 6.22. The van der Waals surface area contributed by atoms with Crippen LogP contribution in [0, 0.1) is 12.8 Å². The largest absolute Gasteiger partial charge is 0.267 e. The number of aromatic nitrogens is 2. The second kappa shape index (κ2) is 6.61. The van der Waals surface area contributed by atoms with Gasteiger partial charge in [0, 0.05) is 11.7 Å². The van der Waals surface area contributed by atoms with Crippen LogP contribution >= 0.6 is 0 Å². The molecule has 0 atom stereocenters. The van der Waals surface area contributed by atoms with E-state index >= 15 is 0 Å². The van der Waals surface area contributed by atoms with Gasteiger partial charge in [0.1, 0.15) is 0 Å². The van der Waals surface area contributed by atoms with Gasteiger partial charge in [0.15, 0.2) is 0 Å². The number of halogens is 2. The Labute approximate surface area is 96.7 Å². The molecule has 0 spiro atoms. The minimum atomic E-state index is -2.42. The molecule has 0 bridgehead atoms. The molecule has 4 heteroatoms. The standard InChI is InChI=1S/C8H12F2N2.C4H10/c1-5(2)12-6(3)7(4-11-12)8(9)10;1-4(2)3/h4-5,8H,1-3H3;4H,1-3H3. The SMILES string of the molecule is CC(C)C.Cc1c(C(F)F)cnn1C(C)C. The van der Waals surface area contributed by atoms with Gasteiger partial charge in [-0.3, -0.25) is 4.68 Å². The van der Waals surface area contributed by atoms with Crippen molar-refractivity contribution in [3.05, 3.63) is 17.5 Å². The van der Waals surface area contributed by atoms with E-state index in [0.717, 1.165) is 5.92 Å². The molecule has 0 amide bonds. The van der Waals surface area contributed by atoms with E-state index in [-0.39, 0.29) is 11.6 Å². The number of nitrogens with zero attached hydrogens (tertiary/aromatic N) is 2. The van der Waals surface area contributed by atoms with Crippen molar-refractivity contribution in [2.75, 3.05) is 0 Å². The Morgan fingerprint density at radius 1 is 1.12 bits per heavy atom. The lowest BCUT2D eigenvalue weighted by Crippen LogP contribution is -2.05. The lowest BCUT2D eigenvalue weighted by atomic mass is 10.2. The lowest BCUT2D eigenvalue weighted by Gasteiger charge is -2.08. The molecule has 0 radical (unpaired) electrons. The summed E-state index contributed by atoms with van der Waals surface area (Å²) in [5, 5.41) is 3.87. The van der Waals surface area contributed by atoms with E-state index in [0.29, 0.717) is 5.69 Å². The van der Waals surface area contributed by atoms with Crippen LogP contribution in [0.4, 0.5) is 8.78 Å². The molecule has 0 N–H and O–H groups in total. The third-order valence-corrected chi connectivity index (χ3v) is 1.81. The van der Waals surface area contributed by atoms with Gasteiger partial charge < -0.3 is 0 Å². The second-order valence-electron chi connectivity index (χ2n) is 4.76. The van der Waals surface area contributed by atoms with E-state index in [9.17, 15) is 8.78 Å². The first-order chi connectivity index (χ1) is 7.27. The van der Waals surface area contributed by atoms with Gasteiger partial charge >= 0.3 is 0 Å². The molecule has 0 aromatic carbocycles. The third kappa shape index (κ3) is 4.73. The summed E-state index contributed by atoms with van der Waals surface area (Å²) in [5.74, 6) is 0.833. The molecular weight excluding hydrogens is 210 g/mol. The van der Waals surface area contributed by atoms with Gasteiger partial charge in [0.2, 0.25) is 0 Å². The quantitative estimate of drug-likeness (QED) is 0.740. The van der Waals surface area contributed by atoms with Gasteiger partial charge in [-0.15, -0.1) is 0 Å².